The third-order valence-electron chi connectivity index (χ3n) is 6.75. The molecule has 0 aliphatic heterocycles. The maximum absolute atomic E-state index is 2.57. The molecule has 0 aromatic carbocycles. The van der Waals surface area contributed by atoms with E-state index in [1.165, 1.54) is 14.2 Å². The van der Waals surface area contributed by atoms with Gasteiger partial charge >= 0.3 is 0 Å². The van der Waals surface area contributed by atoms with Crippen LogP contribution in [0.15, 0.2) is 0 Å². The quantitative estimate of drug-likeness (QED) is 0.551. The molecule has 7 heteroatoms. The van der Waals surface area contributed by atoms with Crippen LogP contribution >= 0.6 is 0 Å². The van der Waals surface area contributed by atoms with Crippen molar-refractivity contribution in [3.05, 3.63) is 0 Å². The molecule has 6 atom stereocenters. The van der Waals surface area contributed by atoms with Gasteiger partial charge < -0.3 is 0 Å². The Bertz CT molecular complexity index is 296. The Morgan fingerprint density at radius 1 is 1.00 bits per heavy atom. The standard InChI is InChI=1S/C13H33B7/c1-6(2)9-8(5)13(20(17)19-16)10(7(3)4)12(18-15)11(9)14/h6-13,18-19H,14-17H2,1-5H3. The van der Waals surface area contributed by atoms with Crippen LogP contribution < -0.4 is 0 Å². The highest BCUT2D eigenvalue weighted by Crippen LogP contribution is 2.58. The molecular formula is C13H33B7. The lowest BCUT2D eigenvalue weighted by Crippen LogP contribution is -2.50. The fraction of sp³-hybridized carbons (Fsp3) is 1.00. The van der Waals surface area contributed by atoms with Crippen molar-refractivity contribution in [2.75, 3.05) is 0 Å². The van der Waals surface area contributed by atoms with Gasteiger partial charge in [0.2, 0.25) is 0 Å². The minimum absolute atomic E-state index is 0.828. The van der Waals surface area contributed by atoms with Crippen LogP contribution in [-0.2, 0) is 0 Å². The minimum Gasteiger partial charge on any atom is -0.0750 e. The normalized spacial score (nSPS) is 38.0. The molecule has 0 saturated heterocycles. The van der Waals surface area contributed by atoms with E-state index >= 15 is 0 Å². The second-order valence-electron chi connectivity index (χ2n) is 8.40. The van der Waals surface area contributed by atoms with Crippen molar-refractivity contribution in [3.63, 3.8) is 0 Å². The molecule has 0 aromatic rings. The fourth-order valence-corrected chi connectivity index (χ4v) is 5.97. The Labute approximate surface area is 133 Å². The third-order valence-corrected chi connectivity index (χ3v) is 6.75. The molecule has 1 aliphatic carbocycles. The predicted molar refractivity (Wildman–Crippen MR) is 111 cm³/mol. The van der Waals surface area contributed by atoms with E-state index in [1.54, 1.807) is 0 Å². The first-order chi connectivity index (χ1) is 9.27. The lowest BCUT2D eigenvalue weighted by atomic mass is 8.99. The van der Waals surface area contributed by atoms with Gasteiger partial charge in [0.15, 0.2) is 0 Å². The Morgan fingerprint density at radius 2 is 1.50 bits per heavy atom. The van der Waals surface area contributed by atoms with E-state index in [2.05, 4.69) is 65.7 Å². The van der Waals surface area contributed by atoms with Crippen LogP contribution in [0.2, 0.25) is 17.5 Å². The average Bonchev–Trinajstić information content (AvgIpc) is 2.36. The molecule has 0 spiro atoms. The van der Waals surface area contributed by atoms with E-state index in [1.807, 2.05) is 0 Å². The molecule has 0 amide bonds. The fourth-order valence-electron chi connectivity index (χ4n) is 5.97. The topological polar surface area (TPSA) is 0 Å². The summed E-state index contributed by atoms with van der Waals surface area (Å²) in [5.74, 6) is 7.12. The van der Waals surface area contributed by atoms with E-state index in [-0.39, 0.29) is 0 Å². The highest BCUT2D eigenvalue weighted by Gasteiger charge is 2.48. The monoisotopic (exact) mass is 266 g/mol. The van der Waals surface area contributed by atoms with Crippen LogP contribution in [-0.4, -0.2) is 51.8 Å². The van der Waals surface area contributed by atoms with Crippen molar-refractivity contribution in [2.45, 2.75) is 52.1 Å². The molecule has 20 heavy (non-hydrogen) atoms. The molecule has 0 nitrogen and oxygen atoms in total. The Morgan fingerprint density at radius 3 is 1.85 bits per heavy atom. The van der Waals surface area contributed by atoms with E-state index < -0.39 is 0 Å². The van der Waals surface area contributed by atoms with Gasteiger partial charge in [-0.3, -0.25) is 0 Å². The van der Waals surface area contributed by atoms with Gasteiger partial charge in [-0.05, 0) is 29.6 Å². The average molecular weight is 265 g/mol. The van der Waals surface area contributed by atoms with Gasteiger partial charge in [-0.2, -0.15) is 0 Å². The third kappa shape index (κ3) is 3.44. The number of hydrogen-bond donors (Lipinski definition) is 0. The SMILES string of the molecule is BBB(B)C1C(C)C(C(C)C)C(B)C(BB)C1C(C)C. The van der Waals surface area contributed by atoms with Crippen LogP contribution in [0.1, 0.15) is 34.6 Å². The molecule has 0 aromatic heterocycles. The van der Waals surface area contributed by atoms with E-state index in [9.17, 15) is 0 Å². The van der Waals surface area contributed by atoms with Gasteiger partial charge in [0, 0.05) is 7.06 Å². The van der Waals surface area contributed by atoms with E-state index in [4.69, 9.17) is 0 Å². The summed E-state index contributed by atoms with van der Waals surface area (Å²) in [5, 5.41) is 0. The van der Waals surface area contributed by atoms with Gasteiger partial charge in [-0.15, -0.1) is 0 Å². The molecule has 0 radical (unpaired) electrons. The maximum atomic E-state index is 2.57. The predicted octanol–water partition coefficient (Wildman–Crippen LogP) is -1.15. The van der Waals surface area contributed by atoms with E-state index in [0.29, 0.717) is 0 Å². The number of rotatable bonds is 5. The van der Waals surface area contributed by atoms with Gasteiger partial charge in [-0.25, -0.2) is 0 Å². The van der Waals surface area contributed by atoms with Gasteiger partial charge in [0.1, 0.15) is 7.85 Å². The summed E-state index contributed by atoms with van der Waals surface area (Å²) in [6.07, 6.45) is 0. The first-order valence-corrected chi connectivity index (χ1v) is 9.27. The van der Waals surface area contributed by atoms with Crippen molar-refractivity contribution in [1.82, 2.24) is 0 Å². The molecule has 1 fully saturated rings. The summed E-state index contributed by atoms with van der Waals surface area (Å²) in [4.78, 5) is 0. The largest absolute Gasteiger partial charge is 0.105 e. The Hall–Kier alpha value is 0.455. The summed E-state index contributed by atoms with van der Waals surface area (Å²) in [7, 11) is 12.6. The van der Waals surface area contributed by atoms with Crippen molar-refractivity contribution in [3.8, 4) is 0 Å². The summed E-state index contributed by atoms with van der Waals surface area (Å²) < 4.78 is 0. The lowest BCUT2D eigenvalue weighted by molar-refractivity contribution is 0.127. The van der Waals surface area contributed by atoms with Crippen LogP contribution in [0.4, 0.5) is 0 Å². The zero-order chi connectivity index (χ0) is 15.6. The van der Waals surface area contributed by atoms with E-state index in [0.717, 1.165) is 53.5 Å². The summed E-state index contributed by atoms with van der Waals surface area (Å²) in [5.41, 5.74) is 0. The molecule has 106 valence electrons. The Kier molecular flexibility index (Phi) is 7.07. The smallest absolute Gasteiger partial charge is 0.0750 e. The summed E-state index contributed by atoms with van der Waals surface area (Å²) in [6.45, 7) is 13.3. The molecule has 0 heterocycles. The molecule has 0 bridgehead atoms. The van der Waals surface area contributed by atoms with Crippen LogP contribution in [0.25, 0.3) is 0 Å². The first kappa shape index (κ1) is 18.5. The highest BCUT2D eigenvalue weighted by molar-refractivity contribution is 7.46. The second-order valence-corrected chi connectivity index (χ2v) is 8.40. The van der Waals surface area contributed by atoms with Crippen LogP contribution in [0.3, 0.4) is 0 Å². The molecular weight excluding hydrogens is 232 g/mol. The first-order valence-electron chi connectivity index (χ1n) is 9.27. The van der Waals surface area contributed by atoms with Crippen molar-refractivity contribution >= 4 is 51.8 Å². The zero-order valence-corrected chi connectivity index (χ0v) is 15.6. The maximum Gasteiger partial charge on any atom is 0.105 e. The highest BCUT2D eigenvalue weighted by atomic mass is 14.5. The minimum atomic E-state index is 0.828. The Balaban J connectivity index is 3.20. The van der Waals surface area contributed by atoms with Gasteiger partial charge in [0.05, 0.1) is 36.9 Å². The van der Waals surface area contributed by atoms with Gasteiger partial charge in [0.25, 0.3) is 0 Å². The van der Waals surface area contributed by atoms with Crippen LogP contribution in [0.5, 0.6) is 0 Å². The van der Waals surface area contributed by atoms with Gasteiger partial charge in [-0.1, -0.05) is 52.1 Å². The lowest BCUT2D eigenvalue weighted by Gasteiger charge is -2.55. The van der Waals surface area contributed by atoms with Crippen molar-refractivity contribution < 1.29 is 0 Å². The molecule has 1 saturated carbocycles. The number of hydrogen-bond acceptors (Lipinski definition) is 0. The van der Waals surface area contributed by atoms with Crippen molar-refractivity contribution in [2.24, 2.45) is 29.6 Å². The molecule has 6 unspecified atom stereocenters. The zero-order valence-electron chi connectivity index (χ0n) is 15.6. The summed E-state index contributed by atoms with van der Waals surface area (Å²) in [6, 6.07) is 0. The van der Waals surface area contributed by atoms with Crippen molar-refractivity contribution in [1.29, 1.82) is 0 Å². The van der Waals surface area contributed by atoms with Crippen LogP contribution in [0, 0.1) is 29.6 Å². The molecule has 1 rings (SSSR count). The molecule has 0 N–H and O–H groups in total. The molecule has 1 aliphatic rings. The summed E-state index contributed by atoms with van der Waals surface area (Å²) >= 11 is 0. The second kappa shape index (κ2) is 7.64.